The lowest BCUT2D eigenvalue weighted by molar-refractivity contribution is -0.125. The Morgan fingerprint density at radius 1 is 1.00 bits per heavy atom. The molecule has 2 amide bonds. The van der Waals surface area contributed by atoms with Crippen molar-refractivity contribution in [2.45, 2.75) is 25.4 Å². The predicted octanol–water partition coefficient (Wildman–Crippen LogP) is 4.96. The van der Waals surface area contributed by atoms with Crippen molar-refractivity contribution in [1.29, 1.82) is 0 Å². The van der Waals surface area contributed by atoms with Crippen molar-refractivity contribution in [2.24, 2.45) is 0 Å². The Kier molecular flexibility index (Phi) is 5.86. The average molecular weight is 419 g/mol. The van der Waals surface area contributed by atoms with Crippen LogP contribution in [-0.4, -0.2) is 23.3 Å². The second kappa shape index (κ2) is 8.72. The summed E-state index contributed by atoms with van der Waals surface area (Å²) < 4.78 is 0. The average Bonchev–Trinajstić information content (AvgIpc) is 3.05. The van der Waals surface area contributed by atoms with Crippen molar-refractivity contribution < 1.29 is 9.59 Å². The van der Waals surface area contributed by atoms with Gasteiger partial charge < -0.3 is 10.2 Å². The molecule has 0 radical (unpaired) electrons. The molecule has 1 N–H and O–H groups in total. The first-order valence-corrected chi connectivity index (χ1v) is 10.4. The van der Waals surface area contributed by atoms with Crippen LogP contribution < -0.4 is 5.32 Å². The number of carbonyl (C=O) groups excluding carboxylic acids is 2. The van der Waals surface area contributed by atoms with Gasteiger partial charge in [0.25, 0.3) is 5.91 Å². The highest BCUT2D eigenvalue weighted by Gasteiger charge is 2.41. The molecule has 4 nitrogen and oxygen atoms in total. The van der Waals surface area contributed by atoms with Crippen LogP contribution in [0, 0.1) is 0 Å². The molecule has 2 unspecified atom stereocenters. The summed E-state index contributed by atoms with van der Waals surface area (Å²) in [7, 11) is 0. The van der Waals surface area contributed by atoms with E-state index in [1.165, 1.54) is 0 Å². The second-order valence-corrected chi connectivity index (χ2v) is 7.98. The maximum atomic E-state index is 13.2. The first-order valence-electron chi connectivity index (χ1n) is 10.0. The van der Waals surface area contributed by atoms with Crippen LogP contribution in [0.3, 0.4) is 0 Å². The molecule has 2 atom stereocenters. The molecule has 3 aromatic carbocycles. The Hall–Kier alpha value is -3.11. The van der Waals surface area contributed by atoms with Crippen LogP contribution >= 0.6 is 11.6 Å². The van der Waals surface area contributed by atoms with Gasteiger partial charge in [0.15, 0.2) is 0 Å². The Morgan fingerprint density at radius 3 is 2.43 bits per heavy atom. The third-order valence-corrected chi connectivity index (χ3v) is 5.93. The Balaban J connectivity index is 1.58. The normalized spacial score (nSPS) is 16.3. The maximum Gasteiger partial charge on any atom is 0.255 e. The summed E-state index contributed by atoms with van der Waals surface area (Å²) in [5.41, 5.74) is 3.32. The summed E-state index contributed by atoms with van der Waals surface area (Å²) in [6, 6.07) is 24.2. The number of nitrogens with zero attached hydrogens (tertiary/aromatic N) is 1. The molecule has 1 aliphatic heterocycles. The Morgan fingerprint density at radius 2 is 1.67 bits per heavy atom. The molecule has 0 saturated carbocycles. The maximum absolute atomic E-state index is 13.2. The summed E-state index contributed by atoms with van der Waals surface area (Å²) in [5, 5.41) is 3.58. The Bertz CT molecular complexity index is 1070. The van der Waals surface area contributed by atoms with Crippen molar-refractivity contribution in [2.75, 3.05) is 6.54 Å². The minimum Gasteiger partial charge on any atom is -0.350 e. The number of rotatable bonds is 6. The summed E-state index contributed by atoms with van der Waals surface area (Å²) in [4.78, 5) is 28.0. The highest BCUT2D eigenvalue weighted by Crippen LogP contribution is 2.35. The second-order valence-electron chi connectivity index (χ2n) is 7.57. The van der Waals surface area contributed by atoms with Gasteiger partial charge in [0.2, 0.25) is 5.91 Å². The van der Waals surface area contributed by atoms with Crippen molar-refractivity contribution in [1.82, 2.24) is 10.2 Å². The SMILES string of the molecule is CC(CN1C(=O)c2ccccc2C1C(=O)NCc1ccccc1Cl)c1ccccc1. The van der Waals surface area contributed by atoms with Crippen LogP contribution in [0.4, 0.5) is 0 Å². The molecule has 0 aliphatic carbocycles. The number of amides is 2. The molecule has 1 aliphatic rings. The van der Waals surface area contributed by atoms with Gasteiger partial charge in [-0.3, -0.25) is 9.59 Å². The van der Waals surface area contributed by atoms with E-state index in [9.17, 15) is 9.59 Å². The number of benzene rings is 3. The minimum absolute atomic E-state index is 0.100. The smallest absolute Gasteiger partial charge is 0.255 e. The van der Waals surface area contributed by atoms with E-state index in [1.54, 1.807) is 17.0 Å². The molecular formula is C25H23ClN2O2. The zero-order valence-corrected chi connectivity index (χ0v) is 17.5. The standard InChI is InChI=1S/C25H23ClN2O2/c1-17(18-9-3-2-4-10-18)16-28-23(20-12-6-7-13-21(20)25(28)30)24(29)27-15-19-11-5-8-14-22(19)26/h2-14,17,23H,15-16H2,1H3,(H,27,29). The van der Waals surface area contributed by atoms with Gasteiger partial charge in [-0.2, -0.15) is 0 Å². The molecule has 5 heteroatoms. The monoisotopic (exact) mass is 418 g/mol. The van der Waals surface area contributed by atoms with E-state index in [2.05, 4.69) is 12.2 Å². The van der Waals surface area contributed by atoms with E-state index in [-0.39, 0.29) is 17.7 Å². The first-order chi connectivity index (χ1) is 14.6. The molecule has 0 fully saturated rings. The van der Waals surface area contributed by atoms with Crippen LogP contribution in [0.15, 0.2) is 78.9 Å². The fourth-order valence-electron chi connectivity index (χ4n) is 3.94. The number of hydrogen-bond acceptors (Lipinski definition) is 2. The fourth-order valence-corrected chi connectivity index (χ4v) is 4.15. The Labute approximate surface area is 181 Å². The molecule has 152 valence electrons. The number of fused-ring (bicyclic) bond motifs is 1. The quantitative estimate of drug-likeness (QED) is 0.615. The third kappa shape index (κ3) is 3.96. The molecule has 0 aromatic heterocycles. The van der Waals surface area contributed by atoms with Gasteiger partial charge in [-0.25, -0.2) is 0 Å². The molecule has 0 bridgehead atoms. The van der Waals surface area contributed by atoms with Gasteiger partial charge in [-0.05, 0) is 34.7 Å². The zero-order valence-electron chi connectivity index (χ0n) is 16.7. The summed E-state index contributed by atoms with van der Waals surface area (Å²) in [6.45, 7) is 2.85. The number of carbonyl (C=O) groups is 2. The third-order valence-electron chi connectivity index (χ3n) is 5.56. The van der Waals surface area contributed by atoms with Crippen LogP contribution in [0.2, 0.25) is 5.02 Å². The van der Waals surface area contributed by atoms with E-state index in [1.807, 2.05) is 66.7 Å². The molecular weight excluding hydrogens is 396 g/mol. The van der Waals surface area contributed by atoms with Crippen LogP contribution in [0.25, 0.3) is 0 Å². The van der Waals surface area contributed by atoms with E-state index >= 15 is 0 Å². The van der Waals surface area contributed by atoms with Gasteiger partial charge in [0.05, 0.1) is 0 Å². The summed E-state index contributed by atoms with van der Waals surface area (Å²) >= 11 is 6.22. The predicted molar refractivity (Wildman–Crippen MR) is 118 cm³/mol. The van der Waals surface area contributed by atoms with Crippen molar-refractivity contribution >= 4 is 23.4 Å². The van der Waals surface area contributed by atoms with Crippen molar-refractivity contribution in [3.8, 4) is 0 Å². The van der Waals surface area contributed by atoms with Gasteiger partial charge in [0.1, 0.15) is 6.04 Å². The number of nitrogens with one attached hydrogen (secondary N) is 1. The van der Waals surface area contributed by atoms with E-state index in [4.69, 9.17) is 11.6 Å². The molecule has 3 aromatic rings. The fraction of sp³-hybridized carbons (Fsp3) is 0.200. The molecule has 0 saturated heterocycles. The van der Waals surface area contributed by atoms with Crippen molar-refractivity contribution in [3.05, 3.63) is 106 Å². The number of hydrogen-bond donors (Lipinski definition) is 1. The van der Waals surface area contributed by atoms with Crippen LogP contribution in [0.5, 0.6) is 0 Å². The van der Waals surface area contributed by atoms with Crippen LogP contribution in [0.1, 0.15) is 45.9 Å². The van der Waals surface area contributed by atoms with Crippen molar-refractivity contribution in [3.63, 3.8) is 0 Å². The van der Waals surface area contributed by atoms with Gasteiger partial charge >= 0.3 is 0 Å². The summed E-state index contributed by atoms with van der Waals surface area (Å²) in [5.74, 6) is -0.205. The minimum atomic E-state index is -0.651. The molecule has 30 heavy (non-hydrogen) atoms. The van der Waals surface area contributed by atoms with Gasteiger partial charge in [0, 0.05) is 23.7 Å². The van der Waals surface area contributed by atoms with Gasteiger partial charge in [-0.1, -0.05) is 85.3 Å². The topological polar surface area (TPSA) is 49.4 Å². The van der Waals surface area contributed by atoms with Gasteiger partial charge in [-0.15, -0.1) is 0 Å². The molecule has 4 rings (SSSR count). The van der Waals surface area contributed by atoms with Crippen LogP contribution in [-0.2, 0) is 11.3 Å². The molecule has 0 spiro atoms. The lowest BCUT2D eigenvalue weighted by Crippen LogP contribution is -2.40. The largest absolute Gasteiger partial charge is 0.350 e. The van der Waals surface area contributed by atoms with E-state index in [0.717, 1.165) is 16.7 Å². The highest BCUT2D eigenvalue weighted by molar-refractivity contribution is 6.31. The first kappa shape index (κ1) is 20.2. The number of halogens is 1. The lowest BCUT2D eigenvalue weighted by Gasteiger charge is -2.27. The molecule has 1 heterocycles. The lowest BCUT2D eigenvalue weighted by atomic mass is 9.99. The zero-order chi connectivity index (χ0) is 21.1. The highest BCUT2D eigenvalue weighted by atomic mass is 35.5. The summed E-state index contributed by atoms with van der Waals surface area (Å²) in [6.07, 6.45) is 0. The van der Waals surface area contributed by atoms with E-state index < -0.39 is 6.04 Å². The van der Waals surface area contributed by atoms with E-state index in [0.29, 0.717) is 23.7 Å².